The Hall–Kier alpha value is -2.48. The van der Waals surface area contributed by atoms with E-state index in [9.17, 15) is 9.59 Å². The van der Waals surface area contributed by atoms with Crippen LogP contribution in [0.4, 0.5) is 5.69 Å². The van der Waals surface area contributed by atoms with E-state index in [0.717, 1.165) is 25.7 Å². The smallest absolute Gasteiger partial charge is 0.223 e. The third-order valence-electron chi connectivity index (χ3n) is 3.59. The minimum atomic E-state index is -0.128. The summed E-state index contributed by atoms with van der Waals surface area (Å²) in [5, 5.41) is 5.56. The number of amides is 2. The predicted molar refractivity (Wildman–Crippen MR) is 100 cm³/mol. The van der Waals surface area contributed by atoms with E-state index in [1.54, 1.807) is 24.3 Å². The van der Waals surface area contributed by atoms with E-state index in [0.29, 0.717) is 18.0 Å². The van der Waals surface area contributed by atoms with E-state index in [4.69, 9.17) is 4.74 Å². The first-order valence-corrected chi connectivity index (χ1v) is 8.80. The third-order valence-corrected chi connectivity index (χ3v) is 3.59. The van der Waals surface area contributed by atoms with Crippen LogP contribution in [0.25, 0.3) is 0 Å². The molecule has 0 aliphatic heterocycles. The number of carbonyl (C=O) groups is 2. The van der Waals surface area contributed by atoms with E-state index in [-0.39, 0.29) is 24.3 Å². The molecule has 2 amide bonds. The fraction of sp³-hybridized carbons (Fsp3) is 0.500. The summed E-state index contributed by atoms with van der Waals surface area (Å²) < 4.78 is 5.52. The van der Waals surface area contributed by atoms with Gasteiger partial charge in [0.05, 0.1) is 6.54 Å². The van der Waals surface area contributed by atoms with Crippen molar-refractivity contribution in [3.8, 4) is 17.6 Å². The molecule has 0 saturated carbocycles. The van der Waals surface area contributed by atoms with Crippen LogP contribution in [0.1, 0.15) is 46.5 Å². The first-order valence-electron chi connectivity index (χ1n) is 8.80. The number of hydrogen-bond donors (Lipinski definition) is 2. The summed E-state index contributed by atoms with van der Waals surface area (Å²) in [6.45, 7) is 6.20. The Bertz CT molecular complexity index is 611. The molecule has 0 aromatic heterocycles. The minimum absolute atomic E-state index is 0.0851. The summed E-state index contributed by atoms with van der Waals surface area (Å²) in [5.41, 5.74) is 0.683. The maximum absolute atomic E-state index is 12.1. The molecule has 0 fully saturated rings. The van der Waals surface area contributed by atoms with Gasteiger partial charge in [-0.1, -0.05) is 44.6 Å². The number of anilines is 1. The van der Waals surface area contributed by atoms with Crippen LogP contribution in [0.15, 0.2) is 24.3 Å². The second kappa shape index (κ2) is 12.0. The Labute approximate surface area is 150 Å². The second-order valence-corrected chi connectivity index (χ2v) is 5.84. The predicted octanol–water partition coefficient (Wildman–Crippen LogP) is 3.36. The van der Waals surface area contributed by atoms with E-state index >= 15 is 0 Å². The highest BCUT2D eigenvalue weighted by molar-refractivity contribution is 5.88. The topological polar surface area (TPSA) is 67.4 Å². The molecule has 0 radical (unpaired) electrons. The Morgan fingerprint density at radius 3 is 2.52 bits per heavy atom. The molecule has 0 unspecified atom stereocenters. The molecule has 1 aromatic rings. The normalized spacial score (nSPS) is 9.92. The molecular formula is C20H28N2O3. The zero-order valence-electron chi connectivity index (χ0n) is 15.4. The Morgan fingerprint density at radius 1 is 1.16 bits per heavy atom. The first-order chi connectivity index (χ1) is 12.1. The summed E-state index contributed by atoms with van der Waals surface area (Å²) in [4.78, 5) is 23.1. The van der Waals surface area contributed by atoms with Crippen molar-refractivity contribution in [3.05, 3.63) is 24.3 Å². The monoisotopic (exact) mass is 344 g/mol. The van der Waals surface area contributed by atoms with Crippen molar-refractivity contribution in [2.75, 3.05) is 18.5 Å². The van der Waals surface area contributed by atoms with Crippen molar-refractivity contribution in [1.82, 2.24) is 5.32 Å². The average Bonchev–Trinajstić information content (AvgIpc) is 2.57. The second-order valence-electron chi connectivity index (χ2n) is 5.84. The van der Waals surface area contributed by atoms with Crippen LogP contribution in [-0.4, -0.2) is 25.0 Å². The molecule has 0 aliphatic carbocycles. The molecule has 0 saturated heterocycles. The number of nitrogens with one attached hydrogen (secondary N) is 2. The summed E-state index contributed by atoms with van der Waals surface area (Å²) in [6, 6.07) is 7.13. The van der Waals surface area contributed by atoms with Gasteiger partial charge < -0.3 is 15.4 Å². The SMILES string of the molecule is CCCC(CCC)C(=O)NCC#CCOc1cccc(NC(C)=O)c1. The number of ether oxygens (including phenoxy) is 1. The highest BCUT2D eigenvalue weighted by Gasteiger charge is 2.15. The maximum Gasteiger partial charge on any atom is 0.223 e. The van der Waals surface area contributed by atoms with Crippen molar-refractivity contribution in [2.24, 2.45) is 5.92 Å². The molecule has 1 rings (SSSR count). The molecule has 2 N–H and O–H groups in total. The summed E-state index contributed by atoms with van der Waals surface area (Å²) in [6.07, 6.45) is 3.85. The number of hydrogen-bond acceptors (Lipinski definition) is 3. The van der Waals surface area contributed by atoms with Gasteiger partial charge in [-0.05, 0) is 25.0 Å². The van der Waals surface area contributed by atoms with Gasteiger partial charge in [-0.3, -0.25) is 9.59 Å². The van der Waals surface area contributed by atoms with E-state index in [2.05, 4.69) is 36.3 Å². The number of benzene rings is 1. The van der Waals surface area contributed by atoms with Crippen LogP contribution in [-0.2, 0) is 9.59 Å². The van der Waals surface area contributed by atoms with Gasteiger partial charge in [0, 0.05) is 24.6 Å². The van der Waals surface area contributed by atoms with Crippen LogP contribution >= 0.6 is 0 Å². The highest BCUT2D eigenvalue weighted by Crippen LogP contribution is 2.17. The maximum atomic E-state index is 12.1. The van der Waals surface area contributed by atoms with E-state index in [1.165, 1.54) is 6.92 Å². The van der Waals surface area contributed by atoms with Gasteiger partial charge in [-0.2, -0.15) is 0 Å². The van der Waals surface area contributed by atoms with Crippen molar-refractivity contribution >= 4 is 17.5 Å². The van der Waals surface area contributed by atoms with Crippen molar-refractivity contribution in [1.29, 1.82) is 0 Å². The summed E-state index contributed by atoms with van der Waals surface area (Å²) in [5.74, 6) is 6.45. The molecule has 5 nitrogen and oxygen atoms in total. The molecular weight excluding hydrogens is 316 g/mol. The van der Waals surface area contributed by atoms with Crippen LogP contribution in [0.5, 0.6) is 5.75 Å². The van der Waals surface area contributed by atoms with Gasteiger partial charge in [0.1, 0.15) is 12.4 Å². The first kappa shape index (κ1) is 20.6. The Balaban J connectivity index is 2.35. The fourth-order valence-electron chi connectivity index (χ4n) is 2.48. The number of carbonyl (C=O) groups excluding carboxylic acids is 2. The molecule has 0 aliphatic rings. The van der Waals surface area contributed by atoms with E-state index in [1.807, 2.05) is 0 Å². The Kier molecular flexibility index (Phi) is 9.84. The molecule has 1 aromatic carbocycles. The molecule has 136 valence electrons. The lowest BCUT2D eigenvalue weighted by atomic mass is 9.97. The van der Waals surface area contributed by atoms with Gasteiger partial charge in [0.25, 0.3) is 0 Å². The van der Waals surface area contributed by atoms with Gasteiger partial charge in [0.2, 0.25) is 11.8 Å². The van der Waals surface area contributed by atoms with Crippen molar-refractivity contribution in [3.63, 3.8) is 0 Å². The van der Waals surface area contributed by atoms with Gasteiger partial charge in [-0.15, -0.1) is 0 Å². The van der Waals surface area contributed by atoms with E-state index < -0.39 is 0 Å². The average molecular weight is 344 g/mol. The van der Waals surface area contributed by atoms with Crippen LogP contribution in [0.2, 0.25) is 0 Å². The third kappa shape index (κ3) is 8.80. The van der Waals surface area contributed by atoms with Crippen LogP contribution in [0, 0.1) is 17.8 Å². The minimum Gasteiger partial charge on any atom is -0.481 e. The van der Waals surface area contributed by atoms with Crippen LogP contribution < -0.4 is 15.4 Å². The molecule has 5 heteroatoms. The molecule has 0 spiro atoms. The molecule has 0 heterocycles. The van der Waals surface area contributed by atoms with Crippen LogP contribution in [0.3, 0.4) is 0 Å². The lowest BCUT2D eigenvalue weighted by Gasteiger charge is -2.13. The highest BCUT2D eigenvalue weighted by atomic mass is 16.5. The molecule has 0 bridgehead atoms. The van der Waals surface area contributed by atoms with Gasteiger partial charge in [0.15, 0.2) is 0 Å². The zero-order valence-corrected chi connectivity index (χ0v) is 15.4. The van der Waals surface area contributed by atoms with Crippen molar-refractivity contribution in [2.45, 2.75) is 46.5 Å². The summed E-state index contributed by atoms with van der Waals surface area (Å²) >= 11 is 0. The lowest BCUT2D eigenvalue weighted by molar-refractivity contribution is -0.125. The summed E-state index contributed by atoms with van der Waals surface area (Å²) in [7, 11) is 0. The Morgan fingerprint density at radius 2 is 1.88 bits per heavy atom. The fourth-order valence-corrected chi connectivity index (χ4v) is 2.48. The van der Waals surface area contributed by atoms with Gasteiger partial charge in [-0.25, -0.2) is 0 Å². The lowest BCUT2D eigenvalue weighted by Crippen LogP contribution is -2.31. The zero-order chi connectivity index (χ0) is 18.5. The molecule has 0 atom stereocenters. The quantitative estimate of drug-likeness (QED) is 0.675. The largest absolute Gasteiger partial charge is 0.481 e. The van der Waals surface area contributed by atoms with Gasteiger partial charge >= 0.3 is 0 Å². The number of rotatable bonds is 9. The molecule has 25 heavy (non-hydrogen) atoms. The van der Waals surface area contributed by atoms with Crippen molar-refractivity contribution < 1.29 is 14.3 Å². The standard InChI is InChI=1S/C20H28N2O3/c1-4-9-17(10-5-2)20(24)21-13-6-7-14-25-19-12-8-11-18(15-19)22-16(3)23/h8,11-12,15,17H,4-5,9-10,13-14H2,1-3H3,(H,21,24)(H,22,23).